The number of ketones is 2. The van der Waals surface area contributed by atoms with E-state index in [9.17, 15) is 44.4 Å². The van der Waals surface area contributed by atoms with Gasteiger partial charge in [-0.05, 0) is 139 Å². The predicted molar refractivity (Wildman–Crippen MR) is 269 cm³/mol. The van der Waals surface area contributed by atoms with Crippen molar-refractivity contribution < 1.29 is 68.1 Å². The third-order valence-corrected chi connectivity index (χ3v) is 16.1. The summed E-state index contributed by atoms with van der Waals surface area (Å²) >= 11 is 0. The number of amides is 1. The van der Waals surface area contributed by atoms with Crippen molar-refractivity contribution in [2.75, 3.05) is 34.0 Å². The molecule has 15 atom stereocenters. The Morgan fingerprint density at radius 1 is 0.831 bits per heavy atom. The summed E-state index contributed by atoms with van der Waals surface area (Å²) in [5, 5.41) is 43.1. The predicted octanol–water partition coefficient (Wildman–Crippen LogP) is 7.16. The van der Waals surface area contributed by atoms with E-state index in [1.165, 1.54) is 18.9 Å². The number of fused-ring (bicyclic) bond motifs is 3. The Morgan fingerprint density at radius 2 is 1.54 bits per heavy atom. The average molecular weight is 1000 g/mol. The summed E-state index contributed by atoms with van der Waals surface area (Å²) < 4.78 is 29.9. The van der Waals surface area contributed by atoms with E-state index >= 15 is 0 Å². The van der Waals surface area contributed by atoms with E-state index in [2.05, 4.69) is 6.92 Å². The Kier molecular flexibility index (Phi) is 23.4. The molecule has 15 nitrogen and oxygen atoms in total. The Labute approximate surface area is 423 Å². The van der Waals surface area contributed by atoms with Crippen LogP contribution in [-0.4, -0.2) is 137 Å². The van der Waals surface area contributed by atoms with Crippen LogP contribution in [0.4, 0.5) is 0 Å². The van der Waals surface area contributed by atoms with Gasteiger partial charge in [-0.15, -0.1) is 0 Å². The van der Waals surface area contributed by atoms with Crippen molar-refractivity contribution in [1.82, 2.24) is 4.90 Å². The Hall–Kier alpha value is -3.57. The van der Waals surface area contributed by atoms with E-state index in [-0.39, 0.29) is 54.3 Å². The number of cyclic esters (lactones) is 1. The van der Waals surface area contributed by atoms with Gasteiger partial charge in [-0.3, -0.25) is 19.2 Å². The maximum absolute atomic E-state index is 14.5. The minimum atomic E-state index is -2.36. The summed E-state index contributed by atoms with van der Waals surface area (Å²) in [6, 6.07) is -1.06. The number of hydrogen-bond donors (Lipinski definition) is 4. The molecular weight excluding hydrogens is 911 g/mol. The fraction of sp³-hybridized carbons (Fsp3) is 0.768. The molecule has 0 aromatic heterocycles. The zero-order valence-corrected chi connectivity index (χ0v) is 44.7. The molecule has 402 valence electrons. The van der Waals surface area contributed by atoms with Gasteiger partial charge in [-0.2, -0.15) is 0 Å². The van der Waals surface area contributed by atoms with Gasteiger partial charge in [0.05, 0.1) is 25.4 Å². The highest BCUT2D eigenvalue weighted by Crippen LogP contribution is 2.39. The molecule has 0 spiro atoms. The van der Waals surface area contributed by atoms with Gasteiger partial charge in [-0.1, -0.05) is 83.6 Å². The second-order valence-corrected chi connectivity index (χ2v) is 22.1. The molecular formula is C56H89NO14. The summed E-state index contributed by atoms with van der Waals surface area (Å²) in [4.78, 5) is 71.1. The van der Waals surface area contributed by atoms with Gasteiger partial charge in [0.25, 0.3) is 11.7 Å². The first-order valence-corrected chi connectivity index (χ1v) is 26.4. The highest BCUT2D eigenvalue weighted by molar-refractivity contribution is 6.39. The van der Waals surface area contributed by atoms with Crippen molar-refractivity contribution in [3.63, 3.8) is 0 Å². The van der Waals surface area contributed by atoms with Crippen LogP contribution < -0.4 is 0 Å². The number of allylic oxidation sites excluding steroid dienone is 7. The minimum absolute atomic E-state index is 0.0313. The van der Waals surface area contributed by atoms with Crippen molar-refractivity contribution in [2.45, 2.75) is 194 Å². The number of methoxy groups -OCH3 is 2. The van der Waals surface area contributed by atoms with E-state index < -0.39 is 96.6 Å². The third-order valence-electron chi connectivity index (χ3n) is 16.1. The van der Waals surface area contributed by atoms with Gasteiger partial charge in [0.1, 0.15) is 35.9 Å². The first-order valence-electron chi connectivity index (χ1n) is 26.4. The zero-order valence-electron chi connectivity index (χ0n) is 44.7. The smallest absolute Gasteiger partial charge is 0.329 e. The second kappa shape index (κ2) is 27.6. The lowest BCUT2D eigenvalue weighted by Crippen LogP contribution is -2.60. The molecule has 15 heteroatoms. The molecule has 0 aromatic rings. The number of carbonyl (C=O) groups excluding carboxylic acids is 5. The number of carbonyl (C=O) groups is 5. The molecule has 3 aliphatic heterocycles. The first kappa shape index (κ1) is 60.0. The lowest BCUT2D eigenvalue weighted by Gasteiger charge is -2.42. The molecule has 3 fully saturated rings. The molecule has 4 aliphatic rings. The van der Waals surface area contributed by atoms with E-state index in [1.54, 1.807) is 21.0 Å². The van der Waals surface area contributed by atoms with Crippen LogP contribution >= 0.6 is 0 Å². The van der Waals surface area contributed by atoms with Gasteiger partial charge in [0.2, 0.25) is 5.79 Å². The number of hydrogen-bond acceptors (Lipinski definition) is 14. The molecule has 0 radical (unpaired) electrons. The van der Waals surface area contributed by atoms with Gasteiger partial charge >= 0.3 is 11.9 Å². The number of piperidine rings is 1. The Bertz CT molecular complexity index is 1910. The fourth-order valence-electron chi connectivity index (χ4n) is 10.8. The van der Waals surface area contributed by atoms with Crippen molar-refractivity contribution >= 4 is 29.4 Å². The van der Waals surface area contributed by atoms with Crippen molar-refractivity contribution in [2.24, 2.45) is 46.8 Å². The van der Waals surface area contributed by atoms with Crippen LogP contribution in [0.3, 0.4) is 0 Å². The Balaban J connectivity index is 1.65. The van der Waals surface area contributed by atoms with Gasteiger partial charge in [0, 0.05) is 32.6 Å². The second-order valence-electron chi connectivity index (χ2n) is 22.1. The molecule has 4 N–H and O–H groups in total. The Morgan fingerprint density at radius 3 is 2.20 bits per heavy atom. The van der Waals surface area contributed by atoms with Crippen LogP contribution in [0.2, 0.25) is 0 Å². The average Bonchev–Trinajstić information content (AvgIpc) is 3.35. The van der Waals surface area contributed by atoms with E-state index in [1.807, 2.05) is 71.1 Å². The lowest BCUT2D eigenvalue weighted by atomic mass is 9.78. The van der Waals surface area contributed by atoms with Crippen LogP contribution in [0.1, 0.15) is 146 Å². The first-order chi connectivity index (χ1) is 33.5. The summed E-state index contributed by atoms with van der Waals surface area (Å²) in [5.74, 6) is -7.11. The third kappa shape index (κ3) is 16.0. The topological polar surface area (TPSA) is 216 Å². The highest BCUT2D eigenvalue weighted by Gasteiger charge is 2.53. The number of aliphatic hydroxyl groups excluding tert-OH is 3. The van der Waals surface area contributed by atoms with Crippen LogP contribution in [-0.2, 0) is 47.7 Å². The van der Waals surface area contributed by atoms with E-state index in [0.29, 0.717) is 82.6 Å². The fourth-order valence-corrected chi connectivity index (χ4v) is 10.8. The molecule has 2 bridgehead atoms. The standard InChI is InChI=1S/C56H89NO14/c1-34-17-13-12-14-18-36(3)37(4)30-43-23-21-41(8)56(66,71-43)51(62)52(63)57-26-16-15-19-44(57)53(64)69-45(24-20-35(2)28-40(7)49(61)50(68-11)48(60)39(6)27-34)38(5)29-42-22-25-46(47(31-42)67-10)70-54(65)55(9,32-58)33-59/h12-14,17-18,28,34-35,37-39,41-47,49-50,58-59,61,66H,15-16,19-27,29-33H2,1-11H3/b14-12+,17-13+,36-18+,40-28+/t34-,35+,37?,38-,39-,41-,42+,43+,44+,45+,46-,47-,49-,50+,56-/m1/s1. The SMILES string of the molecule is CO[C@@H]1C[C@H](C[C@@H](C)[C@@H]2CC[C@H](C)/C=C(\C)[C@@H](O)[C@@H](OC)C(=O)[C@H](C)C[C@H](C)/C=C/C=C/C=C(\C)C(C)C[C@@H]3CC[C@@H](C)[C@@](O)(O3)C(=O)C(=O)N3CCCC[C@H]3C(=O)O2)CC[C@H]1OC(=O)C(C)(CO)CO. The number of Topliss-reactive ketones (excluding diaryl/α,β-unsaturated/α-hetero) is 2. The van der Waals surface area contributed by atoms with Gasteiger partial charge < -0.3 is 49.0 Å². The molecule has 1 aliphatic carbocycles. The monoisotopic (exact) mass is 1000 g/mol. The van der Waals surface area contributed by atoms with Crippen LogP contribution in [0.15, 0.2) is 47.6 Å². The summed E-state index contributed by atoms with van der Waals surface area (Å²) in [6.45, 7) is 15.9. The summed E-state index contributed by atoms with van der Waals surface area (Å²) in [7, 11) is 2.98. The zero-order chi connectivity index (χ0) is 52.8. The minimum Gasteiger partial charge on any atom is -0.461 e. The van der Waals surface area contributed by atoms with Crippen LogP contribution in [0.25, 0.3) is 0 Å². The van der Waals surface area contributed by atoms with Crippen LogP contribution in [0, 0.1) is 46.8 Å². The summed E-state index contributed by atoms with van der Waals surface area (Å²) in [5.41, 5.74) is 0.203. The molecule has 0 aromatic carbocycles. The molecule has 3 heterocycles. The number of aliphatic hydroxyl groups is 4. The molecule has 1 amide bonds. The summed E-state index contributed by atoms with van der Waals surface area (Å²) in [6.07, 6.45) is 14.3. The number of esters is 2. The van der Waals surface area contributed by atoms with Crippen molar-refractivity contribution in [1.29, 1.82) is 0 Å². The quantitative estimate of drug-likeness (QED) is 0.102. The van der Waals surface area contributed by atoms with Crippen molar-refractivity contribution in [3.8, 4) is 0 Å². The van der Waals surface area contributed by atoms with Gasteiger partial charge in [0.15, 0.2) is 5.78 Å². The molecule has 1 unspecified atom stereocenters. The lowest BCUT2D eigenvalue weighted by molar-refractivity contribution is -0.264. The maximum Gasteiger partial charge on any atom is 0.329 e. The van der Waals surface area contributed by atoms with E-state index in [4.69, 9.17) is 23.7 Å². The number of rotatable bonds is 9. The number of nitrogens with zero attached hydrogens (tertiary/aromatic N) is 1. The molecule has 71 heavy (non-hydrogen) atoms. The largest absolute Gasteiger partial charge is 0.461 e. The molecule has 2 saturated heterocycles. The maximum atomic E-state index is 14.5. The molecule has 4 rings (SSSR count). The van der Waals surface area contributed by atoms with Crippen LogP contribution in [0.5, 0.6) is 0 Å². The normalized spacial score (nSPS) is 38.1. The van der Waals surface area contributed by atoms with Crippen molar-refractivity contribution in [3.05, 3.63) is 47.6 Å². The van der Waals surface area contributed by atoms with Gasteiger partial charge in [-0.25, -0.2) is 4.79 Å². The molecule has 1 saturated carbocycles. The number of ether oxygens (including phenoxy) is 5. The van der Waals surface area contributed by atoms with E-state index in [0.717, 1.165) is 5.57 Å². The highest BCUT2D eigenvalue weighted by atomic mass is 16.6.